The summed E-state index contributed by atoms with van der Waals surface area (Å²) in [5.74, 6) is 0.0686. The van der Waals surface area contributed by atoms with Crippen LogP contribution in [0, 0.1) is 11.8 Å². The Labute approximate surface area is 108 Å². The first kappa shape index (κ1) is 15.0. The molecular formula is C13H24N2O3. The number of rotatable bonds is 7. The summed E-state index contributed by atoms with van der Waals surface area (Å²) < 4.78 is 0. The van der Waals surface area contributed by atoms with E-state index >= 15 is 0 Å². The Morgan fingerprint density at radius 2 is 1.83 bits per heavy atom. The molecule has 104 valence electrons. The van der Waals surface area contributed by atoms with Crippen molar-refractivity contribution in [1.29, 1.82) is 0 Å². The minimum Gasteiger partial charge on any atom is -0.481 e. The number of hydrogen-bond donors (Lipinski definition) is 3. The van der Waals surface area contributed by atoms with Crippen molar-refractivity contribution in [3.8, 4) is 0 Å². The van der Waals surface area contributed by atoms with E-state index in [1.54, 1.807) is 0 Å². The maximum absolute atomic E-state index is 11.8. The molecule has 0 aliphatic heterocycles. The Morgan fingerprint density at radius 3 is 2.39 bits per heavy atom. The molecule has 1 saturated carbocycles. The second-order valence-electron chi connectivity index (χ2n) is 5.10. The number of nitrogens with one attached hydrogen (secondary N) is 1. The van der Waals surface area contributed by atoms with Gasteiger partial charge in [0.15, 0.2) is 0 Å². The van der Waals surface area contributed by atoms with Crippen LogP contribution in [0.1, 0.15) is 44.9 Å². The van der Waals surface area contributed by atoms with E-state index in [2.05, 4.69) is 5.32 Å². The predicted molar refractivity (Wildman–Crippen MR) is 69.0 cm³/mol. The van der Waals surface area contributed by atoms with Gasteiger partial charge in [0.1, 0.15) is 0 Å². The summed E-state index contributed by atoms with van der Waals surface area (Å²) in [7, 11) is 0. The Hall–Kier alpha value is -1.10. The molecule has 18 heavy (non-hydrogen) atoms. The van der Waals surface area contributed by atoms with Crippen molar-refractivity contribution < 1.29 is 14.7 Å². The molecule has 0 spiro atoms. The fraction of sp³-hybridized carbons (Fsp3) is 0.846. The van der Waals surface area contributed by atoms with E-state index < -0.39 is 5.97 Å². The maximum Gasteiger partial charge on any atom is 0.303 e. The molecule has 0 aromatic heterocycles. The number of hydrogen-bond acceptors (Lipinski definition) is 3. The van der Waals surface area contributed by atoms with E-state index in [1.807, 2.05) is 0 Å². The van der Waals surface area contributed by atoms with Crippen LogP contribution in [0.5, 0.6) is 0 Å². The van der Waals surface area contributed by atoms with Gasteiger partial charge in [-0.3, -0.25) is 9.59 Å². The van der Waals surface area contributed by atoms with Crippen LogP contribution in [-0.2, 0) is 9.59 Å². The lowest BCUT2D eigenvalue weighted by molar-refractivity contribution is -0.137. The molecule has 0 heterocycles. The van der Waals surface area contributed by atoms with E-state index in [4.69, 9.17) is 10.8 Å². The molecule has 1 aliphatic rings. The van der Waals surface area contributed by atoms with Crippen LogP contribution in [0.4, 0.5) is 0 Å². The average Bonchev–Trinajstić information content (AvgIpc) is 2.38. The fourth-order valence-corrected chi connectivity index (χ4v) is 2.42. The second kappa shape index (κ2) is 8.08. The molecule has 5 nitrogen and oxygen atoms in total. The van der Waals surface area contributed by atoms with E-state index in [9.17, 15) is 9.59 Å². The van der Waals surface area contributed by atoms with Gasteiger partial charge in [-0.2, -0.15) is 0 Å². The molecular weight excluding hydrogens is 232 g/mol. The molecule has 1 rings (SSSR count). The minimum atomic E-state index is -0.776. The number of aliphatic carboxylic acids is 1. The highest BCUT2D eigenvalue weighted by atomic mass is 16.4. The number of unbranched alkanes of at least 4 members (excludes halogenated alkanes) is 1. The van der Waals surface area contributed by atoms with Crippen molar-refractivity contribution in [2.24, 2.45) is 17.6 Å². The zero-order valence-corrected chi connectivity index (χ0v) is 10.9. The smallest absolute Gasteiger partial charge is 0.303 e. The van der Waals surface area contributed by atoms with Crippen LogP contribution in [-0.4, -0.2) is 30.1 Å². The van der Waals surface area contributed by atoms with Crippen LogP contribution in [0.25, 0.3) is 0 Å². The van der Waals surface area contributed by atoms with Gasteiger partial charge in [-0.05, 0) is 51.0 Å². The summed E-state index contributed by atoms with van der Waals surface area (Å²) in [6, 6.07) is 0. The van der Waals surface area contributed by atoms with Gasteiger partial charge in [-0.1, -0.05) is 0 Å². The van der Waals surface area contributed by atoms with Gasteiger partial charge in [0.25, 0.3) is 0 Å². The van der Waals surface area contributed by atoms with Gasteiger partial charge < -0.3 is 16.2 Å². The van der Waals surface area contributed by atoms with Crippen molar-refractivity contribution in [3.05, 3.63) is 0 Å². The van der Waals surface area contributed by atoms with Crippen LogP contribution in [0.3, 0.4) is 0 Å². The van der Waals surface area contributed by atoms with Gasteiger partial charge in [0.05, 0.1) is 0 Å². The fourth-order valence-electron chi connectivity index (χ4n) is 2.42. The summed E-state index contributed by atoms with van der Waals surface area (Å²) in [6.45, 7) is 1.31. The summed E-state index contributed by atoms with van der Waals surface area (Å²) in [5.41, 5.74) is 5.61. The number of nitrogens with two attached hydrogens (primary N) is 1. The van der Waals surface area contributed by atoms with Crippen LogP contribution >= 0.6 is 0 Å². The zero-order valence-electron chi connectivity index (χ0n) is 10.9. The molecule has 0 aromatic rings. The molecule has 0 radical (unpaired) electrons. The Balaban J connectivity index is 2.08. The lowest BCUT2D eigenvalue weighted by atomic mass is 9.81. The predicted octanol–water partition coefficient (Wildman–Crippen LogP) is 1.12. The van der Waals surface area contributed by atoms with Crippen molar-refractivity contribution in [1.82, 2.24) is 5.32 Å². The topological polar surface area (TPSA) is 92.4 Å². The lowest BCUT2D eigenvalue weighted by Gasteiger charge is -2.26. The van der Waals surface area contributed by atoms with Crippen LogP contribution < -0.4 is 11.1 Å². The lowest BCUT2D eigenvalue weighted by Crippen LogP contribution is -2.34. The number of carboxylic acids is 1. The molecule has 1 fully saturated rings. The monoisotopic (exact) mass is 256 g/mol. The number of carboxylic acid groups (broad SMARTS) is 1. The number of amides is 1. The summed E-state index contributed by atoms with van der Waals surface area (Å²) >= 11 is 0. The molecule has 0 aromatic carbocycles. The van der Waals surface area contributed by atoms with E-state index in [-0.39, 0.29) is 18.2 Å². The van der Waals surface area contributed by atoms with Gasteiger partial charge >= 0.3 is 5.97 Å². The average molecular weight is 256 g/mol. The summed E-state index contributed by atoms with van der Waals surface area (Å²) in [5, 5.41) is 11.4. The molecule has 0 atom stereocenters. The highest BCUT2D eigenvalue weighted by molar-refractivity contribution is 5.78. The van der Waals surface area contributed by atoms with Crippen molar-refractivity contribution >= 4 is 11.9 Å². The standard InChI is InChI=1S/C13H24N2O3/c14-9-10-4-6-11(7-5-10)13(18)15-8-2-1-3-12(16)17/h10-11H,1-9,14H2,(H,15,18)(H,16,17). The highest BCUT2D eigenvalue weighted by Crippen LogP contribution is 2.28. The summed E-state index contributed by atoms with van der Waals surface area (Å²) in [6.07, 6.45) is 5.50. The molecule has 5 heteroatoms. The highest BCUT2D eigenvalue weighted by Gasteiger charge is 2.25. The van der Waals surface area contributed by atoms with E-state index in [0.717, 1.165) is 38.6 Å². The molecule has 0 unspecified atom stereocenters. The van der Waals surface area contributed by atoms with Gasteiger partial charge in [-0.15, -0.1) is 0 Å². The van der Waals surface area contributed by atoms with Crippen molar-refractivity contribution in [2.75, 3.05) is 13.1 Å². The molecule has 0 bridgehead atoms. The first-order valence-electron chi connectivity index (χ1n) is 6.83. The first-order valence-corrected chi connectivity index (χ1v) is 6.83. The van der Waals surface area contributed by atoms with E-state index in [1.165, 1.54) is 0 Å². The summed E-state index contributed by atoms with van der Waals surface area (Å²) in [4.78, 5) is 22.1. The molecule has 1 aliphatic carbocycles. The van der Waals surface area contributed by atoms with Crippen LogP contribution in [0.2, 0.25) is 0 Å². The second-order valence-corrected chi connectivity index (χ2v) is 5.10. The third kappa shape index (κ3) is 5.49. The van der Waals surface area contributed by atoms with Gasteiger partial charge in [0.2, 0.25) is 5.91 Å². The normalized spacial score (nSPS) is 23.6. The maximum atomic E-state index is 11.8. The van der Waals surface area contributed by atoms with E-state index in [0.29, 0.717) is 18.9 Å². The molecule has 4 N–H and O–H groups in total. The largest absolute Gasteiger partial charge is 0.481 e. The minimum absolute atomic E-state index is 0.126. The Kier molecular flexibility index (Phi) is 6.72. The Morgan fingerprint density at radius 1 is 1.17 bits per heavy atom. The number of carbonyl (C=O) groups is 2. The first-order chi connectivity index (χ1) is 8.63. The van der Waals surface area contributed by atoms with Crippen molar-refractivity contribution in [3.63, 3.8) is 0 Å². The Bertz CT molecular complexity index is 273. The van der Waals surface area contributed by atoms with Crippen LogP contribution in [0.15, 0.2) is 0 Å². The van der Waals surface area contributed by atoms with Crippen molar-refractivity contribution in [2.45, 2.75) is 44.9 Å². The number of carbonyl (C=O) groups excluding carboxylic acids is 1. The quantitative estimate of drug-likeness (QED) is 0.595. The van der Waals surface area contributed by atoms with Gasteiger partial charge in [0, 0.05) is 18.9 Å². The third-order valence-corrected chi connectivity index (χ3v) is 3.67. The SMILES string of the molecule is NCC1CCC(C(=O)NCCCCC(=O)O)CC1. The molecule has 0 saturated heterocycles. The molecule has 1 amide bonds. The third-order valence-electron chi connectivity index (χ3n) is 3.67. The van der Waals surface area contributed by atoms with Gasteiger partial charge in [-0.25, -0.2) is 0 Å². The zero-order chi connectivity index (χ0) is 13.4.